The van der Waals surface area contributed by atoms with Crippen LogP contribution in [0.4, 0.5) is 5.69 Å². The average Bonchev–Trinajstić information content (AvgIpc) is 2.43. The number of hydrogen-bond donors (Lipinski definition) is 1. The minimum atomic E-state index is -0.359. The van der Waals surface area contributed by atoms with Crippen LogP contribution in [0, 0.1) is 22.0 Å². The minimum Gasteiger partial charge on any atom is -0.316 e. The second-order valence-electron chi connectivity index (χ2n) is 6.17. The van der Waals surface area contributed by atoms with E-state index in [2.05, 4.69) is 25.2 Å². The Morgan fingerprint density at radius 2 is 2.05 bits per heavy atom. The Kier molecular flexibility index (Phi) is 5.51. The molecular weight excluding hydrogens is 264 g/mol. The van der Waals surface area contributed by atoms with E-state index in [-0.39, 0.29) is 10.6 Å². The second kappa shape index (κ2) is 7.36. The molecule has 1 aliphatic carbocycles. The summed E-state index contributed by atoms with van der Waals surface area (Å²) >= 11 is 0. The quantitative estimate of drug-likeness (QED) is 0.376. The van der Waals surface area contributed by atoms with Gasteiger partial charge in [-0.05, 0) is 56.7 Å². The van der Waals surface area contributed by atoms with E-state index in [0.29, 0.717) is 5.92 Å². The Bertz CT molecular complexity index is 508. The molecule has 0 bridgehead atoms. The van der Waals surface area contributed by atoms with Crippen molar-refractivity contribution in [1.82, 2.24) is 5.32 Å². The normalized spacial score (nSPS) is 21.9. The van der Waals surface area contributed by atoms with Crippen molar-refractivity contribution in [3.8, 4) is 0 Å². The predicted molar refractivity (Wildman–Crippen MR) is 85.3 cm³/mol. The summed E-state index contributed by atoms with van der Waals surface area (Å²) in [5, 5.41) is 14.1. The summed E-state index contributed by atoms with van der Waals surface area (Å²) in [6.45, 7) is 6.49. The van der Waals surface area contributed by atoms with E-state index in [0.717, 1.165) is 31.0 Å². The lowest BCUT2D eigenvalue weighted by Crippen LogP contribution is -2.27. The van der Waals surface area contributed by atoms with Crippen LogP contribution in [0.2, 0.25) is 0 Å². The Balaban J connectivity index is 1.70. The topological polar surface area (TPSA) is 55.2 Å². The van der Waals surface area contributed by atoms with Gasteiger partial charge in [0.2, 0.25) is 0 Å². The molecule has 4 heteroatoms. The highest BCUT2D eigenvalue weighted by Crippen LogP contribution is 2.27. The number of non-ortho nitro benzene ring substituents is 1. The van der Waals surface area contributed by atoms with Crippen LogP contribution in [0.1, 0.15) is 32.3 Å². The largest absolute Gasteiger partial charge is 0.316 e. The van der Waals surface area contributed by atoms with Gasteiger partial charge in [0, 0.05) is 12.1 Å². The van der Waals surface area contributed by atoms with Gasteiger partial charge in [0.1, 0.15) is 0 Å². The van der Waals surface area contributed by atoms with Crippen LogP contribution in [-0.2, 0) is 6.42 Å². The van der Waals surface area contributed by atoms with Crippen molar-refractivity contribution >= 4 is 5.69 Å². The van der Waals surface area contributed by atoms with Crippen LogP contribution in [0.15, 0.2) is 35.9 Å². The molecule has 1 aliphatic rings. The molecule has 21 heavy (non-hydrogen) atoms. The van der Waals surface area contributed by atoms with Gasteiger partial charge in [-0.25, -0.2) is 0 Å². The number of allylic oxidation sites excluding steroid dienone is 2. The molecule has 114 valence electrons. The van der Waals surface area contributed by atoms with Gasteiger partial charge in [0.05, 0.1) is 4.92 Å². The number of nitro benzene ring substituents is 1. The van der Waals surface area contributed by atoms with Gasteiger partial charge in [-0.2, -0.15) is 0 Å². The predicted octanol–water partition coefficient (Wildman–Crippen LogP) is 3.72. The fraction of sp³-hybridized carbons (Fsp3) is 0.529. The molecule has 1 aromatic carbocycles. The molecule has 0 aliphatic heterocycles. The van der Waals surface area contributed by atoms with Gasteiger partial charge in [-0.15, -0.1) is 0 Å². The van der Waals surface area contributed by atoms with Gasteiger partial charge in [0.25, 0.3) is 5.69 Å². The first-order valence-corrected chi connectivity index (χ1v) is 7.66. The molecule has 0 fully saturated rings. The Morgan fingerprint density at radius 3 is 2.67 bits per heavy atom. The Morgan fingerprint density at radius 1 is 1.33 bits per heavy atom. The lowest BCUT2D eigenvalue weighted by Gasteiger charge is -2.25. The summed E-state index contributed by atoms with van der Waals surface area (Å²) in [6, 6.07) is 6.84. The molecule has 0 radical (unpaired) electrons. The molecule has 2 rings (SSSR count). The summed E-state index contributed by atoms with van der Waals surface area (Å²) in [4.78, 5) is 10.2. The van der Waals surface area contributed by atoms with Gasteiger partial charge >= 0.3 is 0 Å². The first kappa shape index (κ1) is 15.7. The first-order valence-electron chi connectivity index (χ1n) is 7.66. The maximum Gasteiger partial charge on any atom is 0.269 e. The number of nitro groups is 1. The van der Waals surface area contributed by atoms with E-state index in [1.54, 1.807) is 12.1 Å². The second-order valence-corrected chi connectivity index (χ2v) is 6.17. The molecule has 0 saturated heterocycles. The fourth-order valence-electron chi connectivity index (χ4n) is 3.16. The van der Waals surface area contributed by atoms with Crippen molar-refractivity contribution in [2.75, 3.05) is 13.1 Å². The van der Waals surface area contributed by atoms with Crippen LogP contribution < -0.4 is 5.32 Å². The molecule has 0 saturated carbocycles. The Labute approximate surface area is 126 Å². The van der Waals surface area contributed by atoms with E-state index in [1.165, 1.54) is 18.4 Å². The zero-order chi connectivity index (χ0) is 15.2. The summed E-state index contributed by atoms with van der Waals surface area (Å²) in [5.74, 6) is 1.43. The van der Waals surface area contributed by atoms with Crippen molar-refractivity contribution in [2.24, 2.45) is 11.8 Å². The highest BCUT2D eigenvalue weighted by molar-refractivity contribution is 5.32. The zero-order valence-corrected chi connectivity index (χ0v) is 12.8. The molecule has 2 atom stereocenters. The van der Waals surface area contributed by atoms with Gasteiger partial charge in [-0.3, -0.25) is 10.1 Å². The van der Waals surface area contributed by atoms with Crippen LogP contribution in [-0.4, -0.2) is 18.0 Å². The Hall–Kier alpha value is -1.68. The maximum absolute atomic E-state index is 10.6. The number of benzene rings is 1. The molecule has 2 unspecified atom stereocenters. The molecular formula is C17H24N2O2. The van der Waals surface area contributed by atoms with Gasteiger partial charge in [0.15, 0.2) is 0 Å². The van der Waals surface area contributed by atoms with Crippen LogP contribution in [0.3, 0.4) is 0 Å². The highest BCUT2D eigenvalue weighted by atomic mass is 16.6. The van der Waals surface area contributed by atoms with Gasteiger partial charge in [-0.1, -0.05) is 30.7 Å². The average molecular weight is 288 g/mol. The fourth-order valence-corrected chi connectivity index (χ4v) is 3.16. The van der Waals surface area contributed by atoms with E-state index >= 15 is 0 Å². The van der Waals surface area contributed by atoms with Crippen molar-refractivity contribution in [2.45, 2.75) is 33.1 Å². The number of nitrogens with zero attached hydrogens (tertiary/aromatic N) is 1. The standard InChI is InChI=1S/C17H24N2O2/c1-13-9-14(2)11-16(10-13)12-18-8-7-15-3-5-17(6-4-15)19(20)21/h3-6,9,13,16,18H,7-8,10-12H2,1-2H3. The molecule has 0 aromatic heterocycles. The van der Waals surface area contributed by atoms with E-state index in [1.807, 2.05) is 12.1 Å². The third-order valence-corrected chi connectivity index (χ3v) is 4.06. The van der Waals surface area contributed by atoms with Gasteiger partial charge < -0.3 is 5.32 Å². The lowest BCUT2D eigenvalue weighted by molar-refractivity contribution is -0.384. The SMILES string of the molecule is CC1=CC(C)CC(CNCCc2ccc([N+](=O)[O-])cc2)C1. The number of rotatable bonds is 6. The molecule has 4 nitrogen and oxygen atoms in total. The summed E-state index contributed by atoms with van der Waals surface area (Å²) < 4.78 is 0. The number of nitrogens with one attached hydrogen (secondary N) is 1. The summed E-state index contributed by atoms with van der Waals surface area (Å²) in [6.07, 6.45) is 5.76. The third kappa shape index (κ3) is 4.97. The monoisotopic (exact) mass is 288 g/mol. The van der Waals surface area contributed by atoms with Crippen molar-refractivity contribution in [3.63, 3.8) is 0 Å². The van der Waals surface area contributed by atoms with Crippen LogP contribution in [0.25, 0.3) is 0 Å². The van der Waals surface area contributed by atoms with Crippen molar-refractivity contribution in [3.05, 3.63) is 51.6 Å². The molecule has 0 amide bonds. The smallest absolute Gasteiger partial charge is 0.269 e. The van der Waals surface area contributed by atoms with E-state index in [4.69, 9.17) is 0 Å². The zero-order valence-electron chi connectivity index (χ0n) is 12.8. The summed E-state index contributed by atoms with van der Waals surface area (Å²) in [7, 11) is 0. The lowest BCUT2D eigenvalue weighted by atomic mass is 9.84. The van der Waals surface area contributed by atoms with Crippen LogP contribution in [0.5, 0.6) is 0 Å². The number of hydrogen-bond acceptors (Lipinski definition) is 3. The van der Waals surface area contributed by atoms with Crippen molar-refractivity contribution < 1.29 is 4.92 Å². The molecule has 1 aromatic rings. The third-order valence-electron chi connectivity index (χ3n) is 4.06. The van der Waals surface area contributed by atoms with Crippen molar-refractivity contribution in [1.29, 1.82) is 0 Å². The molecule has 0 heterocycles. The minimum absolute atomic E-state index is 0.158. The highest BCUT2D eigenvalue weighted by Gasteiger charge is 2.17. The van der Waals surface area contributed by atoms with Crippen LogP contribution >= 0.6 is 0 Å². The first-order chi connectivity index (χ1) is 10.0. The molecule has 0 spiro atoms. The molecule has 1 N–H and O–H groups in total. The summed E-state index contributed by atoms with van der Waals surface area (Å²) in [5.41, 5.74) is 2.81. The van der Waals surface area contributed by atoms with E-state index in [9.17, 15) is 10.1 Å². The maximum atomic E-state index is 10.6. The van der Waals surface area contributed by atoms with E-state index < -0.39 is 0 Å².